The van der Waals surface area contributed by atoms with Gasteiger partial charge < -0.3 is 4.90 Å². The van der Waals surface area contributed by atoms with E-state index in [4.69, 9.17) is 0 Å². The van der Waals surface area contributed by atoms with Gasteiger partial charge in [-0.1, -0.05) is 47.8 Å². The van der Waals surface area contributed by atoms with Gasteiger partial charge in [0.1, 0.15) is 0 Å². The van der Waals surface area contributed by atoms with Crippen molar-refractivity contribution in [3.8, 4) is 0 Å². The second kappa shape index (κ2) is 7.82. The molecule has 0 saturated heterocycles. The van der Waals surface area contributed by atoms with Gasteiger partial charge in [0.25, 0.3) is 0 Å². The summed E-state index contributed by atoms with van der Waals surface area (Å²) in [5, 5.41) is 0.798. The molecule has 0 heterocycles. The molecule has 0 rings (SSSR count). The minimum atomic E-state index is -0.220. The molecule has 0 aliphatic heterocycles. The van der Waals surface area contributed by atoms with Crippen LogP contribution in [-0.4, -0.2) is 38.8 Å². The maximum Gasteiger partial charge on any atom is 0.344 e. The van der Waals surface area contributed by atoms with Gasteiger partial charge in [0, 0.05) is 22.9 Å². The van der Waals surface area contributed by atoms with Crippen molar-refractivity contribution in [3.63, 3.8) is 0 Å². The average Bonchev–Trinajstić information content (AvgIpc) is 2.13. The van der Waals surface area contributed by atoms with Crippen LogP contribution in [0.1, 0.15) is 13.8 Å². The molecule has 14 heavy (non-hydrogen) atoms. The Morgan fingerprint density at radius 1 is 1.57 bits per heavy atom. The van der Waals surface area contributed by atoms with Crippen LogP contribution in [0.15, 0.2) is 4.99 Å². The maximum absolute atomic E-state index is 11.5. The van der Waals surface area contributed by atoms with Crippen LogP contribution in [0.4, 0.5) is 4.79 Å². The predicted molar refractivity (Wildman–Crippen MR) is 71.2 cm³/mol. The van der Waals surface area contributed by atoms with Gasteiger partial charge in [-0.2, -0.15) is 0 Å². The summed E-state index contributed by atoms with van der Waals surface area (Å²) >= 11 is 10.2. The summed E-state index contributed by atoms with van der Waals surface area (Å²) in [6.07, 6.45) is 1.50. The van der Waals surface area contributed by atoms with Gasteiger partial charge in [-0.3, -0.25) is 0 Å². The van der Waals surface area contributed by atoms with Gasteiger partial charge >= 0.3 is 6.03 Å². The summed E-state index contributed by atoms with van der Waals surface area (Å²) in [4.78, 5) is 17.1. The number of aliphatic imine (C=N–C) groups is 1. The molecule has 0 aromatic heterocycles. The number of halogens is 3. The van der Waals surface area contributed by atoms with Gasteiger partial charge in [-0.05, 0) is 13.8 Å². The third-order valence-corrected chi connectivity index (χ3v) is 4.24. The summed E-state index contributed by atoms with van der Waals surface area (Å²) in [6.45, 7) is 4.25. The third-order valence-electron chi connectivity index (χ3n) is 1.48. The van der Waals surface area contributed by atoms with E-state index in [1.165, 1.54) is 6.21 Å². The summed E-state index contributed by atoms with van der Waals surface area (Å²) in [5.74, 6) is 0. The van der Waals surface area contributed by atoms with Crippen LogP contribution in [0, 0.1) is 0 Å². The molecule has 0 radical (unpaired) electrons. The van der Waals surface area contributed by atoms with Crippen molar-refractivity contribution in [2.24, 2.45) is 4.99 Å². The Morgan fingerprint density at radius 2 is 2.14 bits per heavy atom. The van der Waals surface area contributed by atoms with Crippen LogP contribution in [-0.2, 0) is 0 Å². The van der Waals surface area contributed by atoms with Crippen molar-refractivity contribution in [1.82, 2.24) is 4.90 Å². The fraction of sp³-hybridized carbons (Fsp3) is 0.750. The second-order valence-corrected chi connectivity index (χ2v) is 5.92. The highest BCUT2D eigenvalue weighted by Gasteiger charge is 2.19. The van der Waals surface area contributed by atoms with E-state index in [0.29, 0.717) is 6.54 Å². The zero-order chi connectivity index (χ0) is 11.1. The lowest BCUT2D eigenvalue weighted by atomic mass is 10.4. The number of carbonyl (C=O) groups is 1. The Balaban J connectivity index is 4.36. The predicted octanol–water partition coefficient (Wildman–Crippen LogP) is 3.40. The van der Waals surface area contributed by atoms with Crippen LogP contribution in [0.25, 0.3) is 0 Å². The van der Waals surface area contributed by atoms with Gasteiger partial charge in [0.15, 0.2) is 0 Å². The quantitative estimate of drug-likeness (QED) is 0.410. The Hall–Kier alpha value is 0.580. The molecule has 6 heteroatoms. The van der Waals surface area contributed by atoms with E-state index in [9.17, 15) is 4.79 Å². The fourth-order valence-corrected chi connectivity index (χ4v) is 1.68. The highest BCUT2D eigenvalue weighted by atomic mass is 79.9. The molecule has 0 fully saturated rings. The molecule has 2 amide bonds. The topological polar surface area (TPSA) is 32.7 Å². The molecule has 0 aliphatic rings. The molecule has 0 saturated carbocycles. The number of hydrogen-bond donors (Lipinski definition) is 0. The van der Waals surface area contributed by atoms with Crippen LogP contribution >= 0.6 is 47.8 Å². The molecule has 0 aromatic rings. The van der Waals surface area contributed by atoms with Crippen LogP contribution < -0.4 is 0 Å². The SMILES string of the molecule is C/C=N/C(=O)N(CC(Br)CBr)C(C)Br. The Kier molecular flexibility index (Phi) is 8.14. The fourth-order valence-electron chi connectivity index (χ4n) is 0.822. The molecule has 82 valence electrons. The normalized spacial score (nSPS) is 15.5. The van der Waals surface area contributed by atoms with Crippen molar-refractivity contribution in [3.05, 3.63) is 0 Å². The zero-order valence-corrected chi connectivity index (χ0v) is 12.8. The Morgan fingerprint density at radius 3 is 2.50 bits per heavy atom. The van der Waals surface area contributed by atoms with Crippen LogP contribution in [0.3, 0.4) is 0 Å². The van der Waals surface area contributed by atoms with E-state index in [1.807, 2.05) is 6.92 Å². The number of nitrogens with zero attached hydrogens (tertiary/aromatic N) is 2. The van der Waals surface area contributed by atoms with Crippen molar-refractivity contribution in [1.29, 1.82) is 0 Å². The van der Waals surface area contributed by atoms with Crippen LogP contribution in [0.5, 0.6) is 0 Å². The van der Waals surface area contributed by atoms with E-state index < -0.39 is 0 Å². The largest absolute Gasteiger partial charge is 0.344 e. The number of amides is 2. The van der Waals surface area contributed by atoms with Crippen molar-refractivity contribution in [2.45, 2.75) is 23.6 Å². The number of hydrogen-bond acceptors (Lipinski definition) is 1. The number of alkyl halides is 3. The third kappa shape index (κ3) is 5.46. The summed E-state index contributed by atoms with van der Waals surface area (Å²) < 4.78 is 0. The summed E-state index contributed by atoms with van der Waals surface area (Å²) in [6, 6.07) is -0.220. The van der Waals surface area contributed by atoms with E-state index >= 15 is 0 Å². The standard InChI is InChI=1S/C8H13Br3N2O/c1-3-12-8(14)13(6(2)10)5-7(11)4-9/h3,6-7H,4-5H2,1-2H3/b12-3+. The van der Waals surface area contributed by atoms with Gasteiger partial charge in [-0.15, -0.1) is 0 Å². The first-order valence-corrected chi connectivity index (χ1v) is 7.11. The number of rotatable bonds is 4. The van der Waals surface area contributed by atoms with E-state index in [1.54, 1.807) is 11.8 Å². The molecular weight excluding hydrogens is 380 g/mol. The van der Waals surface area contributed by atoms with Gasteiger partial charge in [-0.25, -0.2) is 9.79 Å². The van der Waals surface area contributed by atoms with Gasteiger partial charge in [0.2, 0.25) is 0 Å². The Bertz CT molecular complexity index is 209. The van der Waals surface area contributed by atoms with Crippen molar-refractivity contribution < 1.29 is 4.79 Å². The highest BCUT2D eigenvalue weighted by molar-refractivity contribution is 9.12. The first-order valence-electron chi connectivity index (χ1n) is 4.16. The lowest BCUT2D eigenvalue weighted by Crippen LogP contribution is -2.38. The molecule has 2 unspecified atom stereocenters. The lowest BCUT2D eigenvalue weighted by Gasteiger charge is -2.24. The average molecular weight is 393 g/mol. The lowest BCUT2D eigenvalue weighted by molar-refractivity contribution is 0.208. The van der Waals surface area contributed by atoms with E-state index in [0.717, 1.165) is 5.33 Å². The summed E-state index contributed by atoms with van der Waals surface area (Å²) in [5.41, 5.74) is 0. The first-order chi connectivity index (χ1) is 6.52. The number of urea groups is 1. The van der Waals surface area contributed by atoms with Crippen molar-refractivity contribution >= 4 is 60.0 Å². The number of carbonyl (C=O) groups excluding carboxylic acids is 1. The minimum absolute atomic E-state index is 0.0159. The molecule has 2 atom stereocenters. The zero-order valence-electron chi connectivity index (χ0n) is 8.08. The molecule has 3 nitrogen and oxygen atoms in total. The molecule has 0 aliphatic carbocycles. The molecule has 0 spiro atoms. The van der Waals surface area contributed by atoms with Crippen molar-refractivity contribution in [2.75, 3.05) is 11.9 Å². The van der Waals surface area contributed by atoms with Crippen LogP contribution in [0.2, 0.25) is 0 Å². The first kappa shape index (κ1) is 14.6. The van der Waals surface area contributed by atoms with E-state index in [-0.39, 0.29) is 15.8 Å². The van der Waals surface area contributed by atoms with E-state index in [2.05, 4.69) is 52.8 Å². The molecule has 0 aromatic carbocycles. The molecule has 0 bridgehead atoms. The highest BCUT2D eigenvalue weighted by Crippen LogP contribution is 2.13. The maximum atomic E-state index is 11.5. The molecular formula is C8H13Br3N2O. The molecule has 0 N–H and O–H groups in total. The van der Waals surface area contributed by atoms with Gasteiger partial charge in [0.05, 0.1) is 4.95 Å². The smallest absolute Gasteiger partial charge is 0.309 e. The Labute approximate surface area is 110 Å². The minimum Gasteiger partial charge on any atom is -0.309 e. The monoisotopic (exact) mass is 390 g/mol. The second-order valence-electron chi connectivity index (χ2n) is 2.65. The summed E-state index contributed by atoms with van der Waals surface area (Å²) in [7, 11) is 0.